The summed E-state index contributed by atoms with van der Waals surface area (Å²) in [5, 5.41) is 2.81. The number of nitrogens with zero attached hydrogens (tertiary/aromatic N) is 2. The fraction of sp³-hybridized carbons (Fsp3) is 0.333. The molecule has 0 unspecified atom stereocenters. The van der Waals surface area contributed by atoms with Gasteiger partial charge < -0.3 is 20.4 Å². The van der Waals surface area contributed by atoms with Crippen molar-refractivity contribution < 1.29 is 9.21 Å². The number of hydrogen-bond donors (Lipinski definition) is 2. The molecule has 6 nitrogen and oxygen atoms in total. The highest BCUT2D eigenvalue weighted by molar-refractivity contribution is 14.0. The van der Waals surface area contributed by atoms with E-state index in [9.17, 15) is 4.79 Å². The lowest BCUT2D eigenvalue weighted by atomic mass is 10.1. The molecule has 3 N–H and O–H groups in total. The third-order valence-corrected chi connectivity index (χ3v) is 4.03. The Morgan fingerprint density at radius 1 is 1.20 bits per heavy atom. The van der Waals surface area contributed by atoms with Crippen molar-refractivity contribution in [3.63, 3.8) is 0 Å². The van der Waals surface area contributed by atoms with Gasteiger partial charge >= 0.3 is 0 Å². The summed E-state index contributed by atoms with van der Waals surface area (Å²) in [7, 11) is 0. The predicted octanol–water partition coefficient (Wildman–Crippen LogP) is 3.45. The first-order chi connectivity index (χ1) is 11.7. The van der Waals surface area contributed by atoms with Crippen LogP contribution in [0.15, 0.2) is 52.1 Å². The van der Waals surface area contributed by atoms with E-state index in [1.165, 1.54) is 25.5 Å². The minimum atomic E-state index is -0.270. The average Bonchev–Trinajstić information content (AvgIpc) is 3.15. The van der Waals surface area contributed by atoms with Gasteiger partial charge in [0.05, 0.1) is 12.8 Å². The van der Waals surface area contributed by atoms with Crippen LogP contribution in [0.3, 0.4) is 0 Å². The zero-order valence-corrected chi connectivity index (χ0v) is 16.3. The zero-order valence-electron chi connectivity index (χ0n) is 14.0. The van der Waals surface area contributed by atoms with E-state index in [0.717, 1.165) is 18.7 Å². The fourth-order valence-corrected chi connectivity index (χ4v) is 2.74. The highest BCUT2D eigenvalue weighted by atomic mass is 127. The molecule has 25 heavy (non-hydrogen) atoms. The Morgan fingerprint density at radius 2 is 2.00 bits per heavy atom. The molecule has 0 spiro atoms. The number of rotatable bonds is 4. The lowest BCUT2D eigenvalue weighted by Crippen LogP contribution is -2.40. The number of benzene rings is 1. The van der Waals surface area contributed by atoms with Gasteiger partial charge in [-0.15, -0.1) is 24.0 Å². The number of likely N-dealkylation sites (tertiary alicyclic amines) is 1. The molecule has 0 radical (unpaired) electrons. The second kappa shape index (κ2) is 9.45. The molecule has 7 heteroatoms. The van der Waals surface area contributed by atoms with Crippen molar-refractivity contribution in [3.8, 4) is 0 Å². The normalized spacial score (nSPS) is 14.7. The third-order valence-electron chi connectivity index (χ3n) is 4.03. The van der Waals surface area contributed by atoms with Crippen molar-refractivity contribution in [2.75, 3.05) is 18.4 Å². The van der Waals surface area contributed by atoms with Gasteiger partial charge in [0.25, 0.3) is 5.91 Å². The van der Waals surface area contributed by atoms with Gasteiger partial charge in [0.2, 0.25) is 0 Å². The smallest absolute Gasteiger partial charge is 0.291 e. The summed E-state index contributed by atoms with van der Waals surface area (Å²) in [5.41, 5.74) is 7.77. The standard InChI is InChI=1S/C18H22N4O2.HI/c19-18(22-9-2-1-3-10-22)20-13-14-6-4-7-15(12-14)21-17(23)16-8-5-11-24-16;/h4-8,11-12H,1-3,9-10,13H2,(H2,19,20)(H,21,23);1H. The number of aliphatic imine (C=N–C) groups is 1. The van der Waals surface area contributed by atoms with Gasteiger partial charge in [-0.2, -0.15) is 0 Å². The second-order valence-electron chi connectivity index (χ2n) is 5.85. The van der Waals surface area contributed by atoms with Gasteiger partial charge in [0.1, 0.15) is 0 Å². The minimum absolute atomic E-state index is 0. The van der Waals surface area contributed by atoms with Crippen LogP contribution in [-0.2, 0) is 6.54 Å². The van der Waals surface area contributed by atoms with Crippen molar-refractivity contribution in [2.24, 2.45) is 10.7 Å². The summed E-state index contributed by atoms with van der Waals surface area (Å²) in [5.74, 6) is 0.612. The molecule has 134 valence electrons. The van der Waals surface area contributed by atoms with Crippen LogP contribution in [0.25, 0.3) is 0 Å². The first-order valence-corrected chi connectivity index (χ1v) is 8.21. The van der Waals surface area contributed by atoms with Crippen LogP contribution in [-0.4, -0.2) is 29.9 Å². The minimum Gasteiger partial charge on any atom is -0.459 e. The highest BCUT2D eigenvalue weighted by Gasteiger charge is 2.12. The summed E-state index contributed by atoms with van der Waals surface area (Å²) in [6.45, 7) is 2.45. The number of carbonyl (C=O) groups is 1. The number of nitrogens with two attached hydrogens (primary N) is 1. The maximum absolute atomic E-state index is 12.0. The average molecular weight is 454 g/mol. The molecule has 1 saturated heterocycles. The molecule has 1 fully saturated rings. The maximum atomic E-state index is 12.0. The number of carbonyl (C=O) groups excluding carboxylic acids is 1. The summed E-state index contributed by atoms with van der Waals surface area (Å²) in [6.07, 6.45) is 5.08. The molecule has 0 bridgehead atoms. The largest absolute Gasteiger partial charge is 0.459 e. The molecule has 1 aliphatic heterocycles. The van der Waals surface area contributed by atoms with E-state index >= 15 is 0 Å². The quantitative estimate of drug-likeness (QED) is 0.421. The number of anilines is 1. The molecule has 2 heterocycles. The van der Waals surface area contributed by atoms with E-state index in [1.54, 1.807) is 12.1 Å². The SMILES string of the molecule is I.NC(=NCc1cccc(NC(=O)c2ccco2)c1)N1CCCCC1. The number of amides is 1. The Bertz CT molecular complexity index is 710. The second-order valence-corrected chi connectivity index (χ2v) is 5.85. The summed E-state index contributed by atoms with van der Waals surface area (Å²) < 4.78 is 5.09. The van der Waals surface area contributed by atoms with Gasteiger partial charge in [-0.05, 0) is 49.1 Å². The zero-order chi connectivity index (χ0) is 16.8. The van der Waals surface area contributed by atoms with Crippen LogP contribution >= 0.6 is 24.0 Å². The number of guanidine groups is 1. The molecule has 0 saturated carbocycles. The van der Waals surface area contributed by atoms with E-state index in [1.807, 2.05) is 24.3 Å². The Hall–Kier alpha value is -2.03. The van der Waals surface area contributed by atoms with Gasteiger partial charge in [0.15, 0.2) is 11.7 Å². The number of nitrogens with one attached hydrogen (secondary N) is 1. The van der Waals surface area contributed by atoms with Crippen LogP contribution in [0.5, 0.6) is 0 Å². The van der Waals surface area contributed by atoms with Crippen LogP contribution in [0.4, 0.5) is 5.69 Å². The molecule has 1 amide bonds. The Kier molecular flexibility index (Phi) is 7.30. The number of furan rings is 1. The van der Waals surface area contributed by atoms with Crippen molar-refractivity contribution >= 4 is 41.5 Å². The molecule has 1 aromatic heterocycles. The molecule has 3 rings (SSSR count). The van der Waals surface area contributed by atoms with Crippen LogP contribution in [0.2, 0.25) is 0 Å². The summed E-state index contributed by atoms with van der Waals surface area (Å²) in [4.78, 5) is 18.6. The van der Waals surface area contributed by atoms with Crippen LogP contribution in [0, 0.1) is 0 Å². The Morgan fingerprint density at radius 3 is 2.72 bits per heavy atom. The number of hydrogen-bond acceptors (Lipinski definition) is 3. The molecule has 0 aliphatic carbocycles. The Labute approximate surface area is 164 Å². The highest BCUT2D eigenvalue weighted by Crippen LogP contribution is 2.14. The van der Waals surface area contributed by atoms with Gasteiger partial charge in [-0.1, -0.05) is 12.1 Å². The van der Waals surface area contributed by atoms with E-state index in [2.05, 4.69) is 15.2 Å². The van der Waals surface area contributed by atoms with Crippen molar-refractivity contribution in [2.45, 2.75) is 25.8 Å². The summed E-state index contributed by atoms with van der Waals surface area (Å²) in [6, 6.07) is 10.9. The number of halogens is 1. The molecule has 1 aliphatic rings. The molecule has 1 aromatic carbocycles. The van der Waals surface area contributed by atoms with Gasteiger partial charge in [0, 0.05) is 18.8 Å². The van der Waals surface area contributed by atoms with Crippen LogP contribution in [0.1, 0.15) is 35.4 Å². The lowest BCUT2D eigenvalue weighted by molar-refractivity contribution is 0.0996. The fourth-order valence-electron chi connectivity index (χ4n) is 2.74. The van der Waals surface area contributed by atoms with Crippen molar-refractivity contribution in [1.82, 2.24) is 4.90 Å². The van der Waals surface area contributed by atoms with Gasteiger partial charge in [-0.3, -0.25) is 4.79 Å². The molecule has 0 atom stereocenters. The van der Waals surface area contributed by atoms with Crippen LogP contribution < -0.4 is 11.1 Å². The van der Waals surface area contributed by atoms with E-state index in [4.69, 9.17) is 10.2 Å². The molecular formula is C18H23IN4O2. The lowest BCUT2D eigenvalue weighted by Gasteiger charge is -2.27. The first kappa shape index (κ1) is 19.3. The third kappa shape index (κ3) is 5.48. The monoisotopic (exact) mass is 454 g/mol. The Balaban J connectivity index is 0.00000225. The van der Waals surface area contributed by atoms with E-state index in [-0.39, 0.29) is 35.6 Å². The number of piperidine rings is 1. The molecule has 2 aromatic rings. The van der Waals surface area contributed by atoms with E-state index < -0.39 is 0 Å². The summed E-state index contributed by atoms with van der Waals surface area (Å²) >= 11 is 0. The van der Waals surface area contributed by atoms with Crippen molar-refractivity contribution in [1.29, 1.82) is 0 Å². The van der Waals surface area contributed by atoms with Gasteiger partial charge in [-0.25, -0.2) is 4.99 Å². The molecular weight excluding hydrogens is 431 g/mol. The first-order valence-electron chi connectivity index (χ1n) is 8.21. The predicted molar refractivity (Wildman–Crippen MR) is 109 cm³/mol. The van der Waals surface area contributed by atoms with E-state index in [0.29, 0.717) is 18.2 Å². The maximum Gasteiger partial charge on any atom is 0.291 e. The van der Waals surface area contributed by atoms with Crippen molar-refractivity contribution in [3.05, 3.63) is 54.0 Å². The topological polar surface area (TPSA) is 83.9 Å².